The smallest absolute Gasteiger partial charge is 0.258 e. The van der Waals surface area contributed by atoms with E-state index in [1.165, 1.54) is 57.7 Å². The summed E-state index contributed by atoms with van der Waals surface area (Å²) < 4.78 is 19.6. The number of fused-ring (bicyclic) bond motifs is 12. The Labute approximate surface area is 396 Å². The molecular formula is C57H58N6O5. The first-order valence-electron chi connectivity index (χ1n) is 24.1. The SMILES string of the molecule is CC(=O)N1C2CCC1c1c(n(C)c3cc(-n4ccc(OCc5ccccc5)cc4=O)ccc13)C2.CC(C)N1C2CCC1c1c(n(C)c3cc(-n4ccc(OCc5ccccc5)cc4=O)ccc13)C2. The molecule has 2 fully saturated rings. The van der Waals surface area contributed by atoms with Gasteiger partial charge in [-0.25, -0.2) is 0 Å². The number of hydrogen-bond donors (Lipinski definition) is 0. The standard InChI is InChI=1S/C29H31N3O2.C28H27N3O3/c1-19(2)32-22-10-12-25(32)29-24-11-9-21(15-26(24)30(3)27(29)16-22)31-14-13-23(17-28(31)33)34-18-20-7-5-4-6-8-20;1-18(32)31-21-9-11-24(31)28-23-10-8-20(14-25(23)29(2)26(28)15-21)30-13-12-22(16-27(30)33)34-17-19-6-4-3-5-7-19/h4-9,11,13-15,17,19,22,25H,10,12,16,18H2,1-3H3;3-8,10,12-14,16,21,24H,9,11,15,17H2,1-2H3. The minimum absolute atomic E-state index is 0.0890. The minimum atomic E-state index is -0.134. The number of carbonyl (C=O) groups is 1. The largest absolute Gasteiger partial charge is 0.489 e. The molecule has 0 saturated carbocycles. The maximum Gasteiger partial charge on any atom is 0.258 e. The van der Waals surface area contributed by atoms with Crippen LogP contribution in [-0.2, 0) is 44.9 Å². The van der Waals surface area contributed by atoms with Crippen LogP contribution < -0.4 is 20.6 Å². The number of amides is 1. The topological polar surface area (TPSA) is 95.9 Å². The van der Waals surface area contributed by atoms with E-state index in [-0.39, 0.29) is 23.1 Å². The second-order valence-corrected chi connectivity index (χ2v) is 19.3. The molecule has 0 spiro atoms. The van der Waals surface area contributed by atoms with Gasteiger partial charge in [0.25, 0.3) is 11.1 Å². The normalized spacial score (nSPS) is 19.2. The number of rotatable bonds is 9. The number of benzene rings is 4. The molecule has 4 unspecified atom stereocenters. The number of nitrogens with zero attached hydrogens (tertiary/aromatic N) is 6. The van der Waals surface area contributed by atoms with E-state index in [1.54, 1.807) is 28.3 Å². The molecule has 0 N–H and O–H groups in total. The van der Waals surface area contributed by atoms with Crippen molar-refractivity contribution in [3.05, 3.63) is 188 Å². The molecule has 4 atom stereocenters. The van der Waals surface area contributed by atoms with E-state index in [2.05, 4.69) is 77.2 Å². The van der Waals surface area contributed by atoms with Crippen molar-refractivity contribution in [3.8, 4) is 22.9 Å². The highest BCUT2D eigenvalue weighted by molar-refractivity contribution is 5.90. The molecule has 1 amide bonds. The van der Waals surface area contributed by atoms with Crippen LogP contribution in [0.5, 0.6) is 11.5 Å². The fraction of sp³-hybridized carbons (Fsp3) is 0.316. The van der Waals surface area contributed by atoms with E-state index < -0.39 is 0 Å². The quantitative estimate of drug-likeness (QED) is 0.143. The Kier molecular flexibility index (Phi) is 11.2. The third-order valence-electron chi connectivity index (χ3n) is 15.1. The third kappa shape index (κ3) is 7.62. The highest BCUT2D eigenvalue weighted by Crippen LogP contribution is 2.49. The zero-order chi connectivity index (χ0) is 46.8. The second-order valence-electron chi connectivity index (χ2n) is 19.3. The lowest BCUT2D eigenvalue weighted by Gasteiger charge is -2.38. The van der Waals surface area contributed by atoms with E-state index in [4.69, 9.17) is 9.47 Å². The molecule has 4 aromatic carbocycles. The predicted octanol–water partition coefficient (Wildman–Crippen LogP) is 9.89. The van der Waals surface area contributed by atoms with Gasteiger partial charge in [-0.2, -0.15) is 0 Å². The van der Waals surface area contributed by atoms with Gasteiger partial charge in [0.2, 0.25) is 5.91 Å². The lowest BCUT2D eigenvalue weighted by atomic mass is 9.95. The maximum absolute atomic E-state index is 13.0. The van der Waals surface area contributed by atoms with Gasteiger partial charge >= 0.3 is 0 Å². The van der Waals surface area contributed by atoms with Gasteiger partial charge in [0.05, 0.1) is 28.5 Å². The Morgan fingerprint density at radius 3 is 1.54 bits per heavy atom. The first-order chi connectivity index (χ1) is 33.0. The van der Waals surface area contributed by atoms with Crippen molar-refractivity contribution in [2.45, 2.75) is 103 Å². The summed E-state index contributed by atoms with van der Waals surface area (Å²) in [5, 5.41) is 2.50. The Morgan fingerprint density at radius 1 is 0.588 bits per heavy atom. The average molecular weight is 907 g/mol. The van der Waals surface area contributed by atoms with E-state index in [1.807, 2.05) is 85.1 Å². The first kappa shape index (κ1) is 43.5. The second kappa shape index (κ2) is 17.5. The number of aromatic nitrogens is 4. The monoisotopic (exact) mass is 906 g/mol. The van der Waals surface area contributed by atoms with Gasteiger partial charge in [0, 0.05) is 110 Å². The van der Waals surface area contributed by atoms with Crippen molar-refractivity contribution < 1.29 is 14.3 Å². The van der Waals surface area contributed by atoms with Crippen molar-refractivity contribution in [2.75, 3.05) is 0 Å². The molecule has 4 bridgehead atoms. The number of pyridine rings is 2. The molecule has 4 aromatic heterocycles. The lowest BCUT2D eigenvalue weighted by Crippen LogP contribution is -2.42. The summed E-state index contributed by atoms with van der Waals surface area (Å²) >= 11 is 0. The fourth-order valence-corrected chi connectivity index (χ4v) is 12.0. The summed E-state index contributed by atoms with van der Waals surface area (Å²) in [6.07, 6.45) is 10.2. The van der Waals surface area contributed by atoms with E-state index in [0.717, 1.165) is 53.7 Å². The Bertz CT molecular complexity index is 3330. The summed E-state index contributed by atoms with van der Waals surface area (Å²) in [6.45, 7) is 7.18. The first-order valence-corrected chi connectivity index (χ1v) is 24.1. The molecular weight excluding hydrogens is 849 g/mol. The van der Waals surface area contributed by atoms with Crippen LogP contribution in [0.25, 0.3) is 33.2 Å². The highest BCUT2D eigenvalue weighted by atomic mass is 16.5. The van der Waals surface area contributed by atoms with Gasteiger partial charge in [-0.05, 0) is 92.6 Å². The van der Waals surface area contributed by atoms with Crippen molar-refractivity contribution in [2.24, 2.45) is 14.1 Å². The average Bonchev–Trinajstić information content (AvgIpc) is 4.03. The van der Waals surface area contributed by atoms with Gasteiger partial charge in [0.15, 0.2) is 0 Å². The Morgan fingerprint density at radius 2 is 1.06 bits per heavy atom. The van der Waals surface area contributed by atoms with Crippen LogP contribution in [0.3, 0.4) is 0 Å². The number of hydrogen-bond acceptors (Lipinski definition) is 6. The molecule has 4 aliphatic rings. The highest BCUT2D eigenvalue weighted by Gasteiger charge is 2.45. The molecule has 11 heteroatoms. The Balaban J connectivity index is 0.000000149. The molecule has 8 aromatic rings. The van der Waals surface area contributed by atoms with Crippen LogP contribution >= 0.6 is 0 Å². The lowest BCUT2D eigenvalue weighted by molar-refractivity contribution is -0.132. The molecule has 8 heterocycles. The minimum Gasteiger partial charge on any atom is -0.489 e. The summed E-state index contributed by atoms with van der Waals surface area (Å²) in [5.41, 5.74) is 11.5. The summed E-state index contributed by atoms with van der Waals surface area (Å²) in [7, 11) is 4.27. The zero-order valence-corrected chi connectivity index (χ0v) is 39.5. The zero-order valence-electron chi connectivity index (χ0n) is 39.5. The van der Waals surface area contributed by atoms with Gasteiger partial charge < -0.3 is 23.5 Å². The summed E-state index contributed by atoms with van der Waals surface area (Å²) in [6, 6.07) is 41.5. The van der Waals surface area contributed by atoms with E-state index in [9.17, 15) is 14.4 Å². The van der Waals surface area contributed by atoms with Crippen LogP contribution in [0.4, 0.5) is 0 Å². The van der Waals surface area contributed by atoms with Gasteiger partial charge in [-0.3, -0.25) is 28.4 Å². The van der Waals surface area contributed by atoms with Crippen LogP contribution in [0.15, 0.2) is 143 Å². The van der Waals surface area contributed by atoms with Crippen molar-refractivity contribution in [1.29, 1.82) is 0 Å². The van der Waals surface area contributed by atoms with Crippen LogP contribution in [0, 0.1) is 0 Å². The number of ether oxygens (including phenoxy) is 2. The molecule has 12 rings (SSSR count). The van der Waals surface area contributed by atoms with Gasteiger partial charge in [0.1, 0.15) is 24.7 Å². The fourth-order valence-electron chi connectivity index (χ4n) is 12.0. The van der Waals surface area contributed by atoms with Crippen molar-refractivity contribution in [1.82, 2.24) is 28.1 Å². The molecule has 68 heavy (non-hydrogen) atoms. The van der Waals surface area contributed by atoms with Crippen LogP contribution in [0.2, 0.25) is 0 Å². The predicted molar refractivity (Wildman–Crippen MR) is 267 cm³/mol. The van der Waals surface area contributed by atoms with Crippen LogP contribution in [-0.4, -0.2) is 52.1 Å². The molecule has 346 valence electrons. The maximum atomic E-state index is 13.0. The molecule has 4 aliphatic heterocycles. The molecule has 0 aliphatic carbocycles. The Hall–Kier alpha value is -7.11. The molecule has 2 saturated heterocycles. The van der Waals surface area contributed by atoms with Crippen molar-refractivity contribution >= 4 is 27.7 Å². The summed E-state index contributed by atoms with van der Waals surface area (Å²) in [5.74, 6) is 1.30. The molecule has 0 radical (unpaired) electrons. The van der Waals surface area contributed by atoms with E-state index in [0.29, 0.717) is 48.9 Å². The molecule has 11 nitrogen and oxygen atoms in total. The number of carbonyl (C=O) groups excluding carboxylic acids is 1. The van der Waals surface area contributed by atoms with Crippen LogP contribution in [0.1, 0.15) is 92.2 Å². The van der Waals surface area contributed by atoms with Gasteiger partial charge in [-0.1, -0.05) is 72.8 Å². The third-order valence-corrected chi connectivity index (χ3v) is 15.1. The van der Waals surface area contributed by atoms with E-state index >= 15 is 0 Å². The number of aryl methyl sites for hydroxylation is 2. The summed E-state index contributed by atoms with van der Waals surface area (Å²) in [4.78, 5) is 43.0. The van der Waals surface area contributed by atoms with Gasteiger partial charge in [-0.15, -0.1) is 0 Å². The van der Waals surface area contributed by atoms with Crippen molar-refractivity contribution in [3.63, 3.8) is 0 Å².